The van der Waals surface area contributed by atoms with Crippen LogP contribution in [0.3, 0.4) is 0 Å². The summed E-state index contributed by atoms with van der Waals surface area (Å²) >= 11 is 6.10. The van der Waals surface area contributed by atoms with Crippen LogP contribution in [0, 0.1) is 5.82 Å². The van der Waals surface area contributed by atoms with Crippen LogP contribution in [0.1, 0.15) is 32.8 Å². The Bertz CT molecular complexity index is 1150. The summed E-state index contributed by atoms with van der Waals surface area (Å²) in [5.74, 6) is -1.86. The van der Waals surface area contributed by atoms with Gasteiger partial charge >= 0.3 is 10.2 Å². The standard InChI is InChI=1S/C24H32ClFN4O4S/c1-6-17(2)27-24(32)18(3)29(15-19-10-9-11-20(25)14-19)23(31)16-30(35(33,34)28(4)5)22-13-8-7-12-21(22)26/h7-14,17-18H,6,15-16H2,1-5H3,(H,27,32)/t17-,18+/m1/s1. The van der Waals surface area contributed by atoms with E-state index in [1.54, 1.807) is 31.2 Å². The summed E-state index contributed by atoms with van der Waals surface area (Å²) in [5.41, 5.74) is 0.385. The summed E-state index contributed by atoms with van der Waals surface area (Å²) in [6, 6.07) is 11.1. The van der Waals surface area contributed by atoms with Gasteiger partial charge in [0, 0.05) is 31.7 Å². The van der Waals surface area contributed by atoms with Crippen LogP contribution in [0.15, 0.2) is 48.5 Å². The molecule has 2 aromatic rings. The first-order valence-electron chi connectivity index (χ1n) is 11.2. The van der Waals surface area contributed by atoms with E-state index < -0.39 is 34.5 Å². The molecule has 2 rings (SSSR count). The number of nitrogens with zero attached hydrogens (tertiary/aromatic N) is 3. The first-order chi connectivity index (χ1) is 16.4. The van der Waals surface area contributed by atoms with Crippen molar-refractivity contribution in [3.05, 3.63) is 64.9 Å². The van der Waals surface area contributed by atoms with Crippen LogP contribution < -0.4 is 9.62 Å². The van der Waals surface area contributed by atoms with Crippen LogP contribution in [0.25, 0.3) is 0 Å². The highest BCUT2D eigenvalue weighted by Gasteiger charge is 2.33. The van der Waals surface area contributed by atoms with Gasteiger partial charge in [-0.2, -0.15) is 12.7 Å². The minimum absolute atomic E-state index is 0.00160. The van der Waals surface area contributed by atoms with Crippen molar-refractivity contribution < 1.29 is 22.4 Å². The number of nitrogens with one attached hydrogen (secondary N) is 1. The van der Waals surface area contributed by atoms with Crippen LogP contribution in [0.5, 0.6) is 0 Å². The second-order valence-electron chi connectivity index (χ2n) is 8.39. The fourth-order valence-corrected chi connectivity index (χ4v) is 4.51. The van der Waals surface area contributed by atoms with Gasteiger partial charge in [0.05, 0.1) is 5.69 Å². The molecule has 0 unspecified atom stereocenters. The van der Waals surface area contributed by atoms with E-state index in [4.69, 9.17) is 11.6 Å². The van der Waals surface area contributed by atoms with Crippen LogP contribution in [-0.4, -0.2) is 62.2 Å². The Labute approximate surface area is 211 Å². The molecular weight excluding hydrogens is 495 g/mol. The van der Waals surface area contributed by atoms with Crippen LogP contribution in [-0.2, 0) is 26.3 Å². The average Bonchev–Trinajstić information content (AvgIpc) is 2.80. The predicted molar refractivity (Wildman–Crippen MR) is 136 cm³/mol. The van der Waals surface area contributed by atoms with Gasteiger partial charge in [-0.3, -0.25) is 9.59 Å². The quantitative estimate of drug-likeness (QED) is 0.486. The number of benzene rings is 2. The van der Waals surface area contributed by atoms with E-state index in [2.05, 4.69) is 5.32 Å². The fraction of sp³-hybridized carbons (Fsp3) is 0.417. The molecule has 2 aromatic carbocycles. The molecule has 8 nitrogen and oxygen atoms in total. The monoisotopic (exact) mass is 526 g/mol. The molecule has 2 amide bonds. The van der Waals surface area contributed by atoms with Gasteiger partial charge in [0.25, 0.3) is 0 Å². The van der Waals surface area contributed by atoms with Gasteiger partial charge in [-0.15, -0.1) is 0 Å². The summed E-state index contributed by atoms with van der Waals surface area (Å²) in [6.45, 7) is 4.62. The molecule has 2 atom stereocenters. The molecule has 0 aliphatic carbocycles. The lowest BCUT2D eigenvalue weighted by Gasteiger charge is -2.33. The predicted octanol–water partition coefficient (Wildman–Crippen LogP) is 3.42. The van der Waals surface area contributed by atoms with Crippen LogP contribution in [0.4, 0.5) is 10.1 Å². The molecule has 0 saturated heterocycles. The molecule has 0 saturated carbocycles. The van der Waals surface area contributed by atoms with Crippen molar-refractivity contribution >= 4 is 39.3 Å². The van der Waals surface area contributed by atoms with Gasteiger partial charge in [0.1, 0.15) is 18.4 Å². The summed E-state index contributed by atoms with van der Waals surface area (Å²) in [7, 11) is -1.65. The van der Waals surface area contributed by atoms with Gasteiger partial charge in [-0.25, -0.2) is 8.70 Å². The smallest absolute Gasteiger partial charge is 0.304 e. The van der Waals surface area contributed by atoms with Crippen molar-refractivity contribution in [1.82, 2.24) is 14.5 Å². The number of hydrogen-bond donors (Lipinski definition) is 1. The Morgan fingerprint density at radius 2 is 1.74 bits per heavy atom. The minimum atomic E-state index is -4.23. The normalized spacial score (nSPS) is 13.3. The van der Waals surface area contributed by atoms with Gasteiger partial charge in [0.2, 0.25) is 11.8 Å². The van der Waals surface area contributed by atoms with Gasteiger partial charge in [0.15, 0.2) is 0 Å². The summed E-state index contributed by atoms with van der Waals surface area (Å²) in [6.07, 6.45) is 0.697. The third-order valence-electron chi connectivity index (χ3n) is 5.55. The number of halogens is 2. The fourth-order valence-electron chi connectivity index (χ4n) is 3.24. The summed E-state index contributed by atoms with van der Waals surface area (Å²) < 4.78 is 42.3. The number of amides is 2. The third kappa shape index (κ3) is 7.39. The Morgan fingerprint density at radius 3 is 2.31 bits per heavy atom. The molecule has 0 bridgehead atoms. The van der Waals surface area contributed by atoms with Crippen molar-refractivity contribution in [3.63, 3.8) is 0 Å². The Kier molecular flexibility index (Phi) is 10.1. The van der Waals surface area contributed by atoms with Crippen LogP contribution >= 0.6 is 11.6 Å². The maximum Gasteiger partial charge on any atom is 0.304 e. The second-order valence-corrected chi connectivity index (χ2v) is 10.9. The highest BCUT2D eigenvalue weighted by molar-refractivity contribution is 7.90. The largest absolute Gasteiger partial charge is 0.352 e. The van der Waals surface area contributed by atoms with E-state index in [1.807, 2.05) is 13.8 Å². The lowest BCUT2D eigenvalue weighted by molar-refractivity contribution is -0.139. The van der Waals surface area contributed by atoms with Crippen molar-refractivity contribution in [3.8, 4) is 0 Å². The molecule has 0 aliphatic rings. The minimum Gasteiger partial charge on any atom is -0.352 e. The molecule has 0 radical (unpaired) electrons. The van der Waals surface area contributed by atoms with E-state index in [-0.39, 0.29) is 24.2 Å². The summed E-state index contributed by atoms with van der Waals surface area (Å²) in [5, 5.41) is 3.30. The van der Waals surface area contributed by atoms with E-state index >= 15 is 0 Å². The van der Waals surface area contributed by atoms with E-state index in [0.29, 0.717) is 21.3 Å². The van der Waals surface area contributed by atoms with E-state index in [1.165, 1.54) is 37.2 Å². The second kappa shape index (κ2) is 12.3. The first-order valence-corrected chi connectivity index (χ1v) is 12.9. The molecule has 0 heterocycles. The SMILES string of the molecule is CC[C@@H](C)NC(=O)[C@H](C)N(Cc1cccc(Cl)c1)C(=O)CN(c1ccccc1F)S(=O)(=O)N(C)C. The molecule has 192 valence electrons. The van der Waals surface area contributed by atoms with Crippen LogP contribution in [0.2, 0.25) is 5.02 Å². The van der Waals surface area contributed by atoms with Gasteiger partial charge < -0.3 is 10.2 Å². The number of carbonyl (C=O) groups excluding carboxylic acids is 2. The molecule has 1 N–H and O–H groups in total. The highest BCUT2D eigenvalue weighted by atomic mass is 35.5. The molecular formula is C24H32ClFN4O4S. The lowest BCUT2D eigenvalue weighted by Crippen LogP contribution is -2.53. The molecule has 35 heavy (non-hydrogen) atoms. The molecule has 0 aromatic heterocycles. The van der Waals surface area contributed by atoms with Gasteiger partial charge in [-0.05, 0) is 50.1 Å². The van der Waals surface area contributed by atoms with Crippen molar-refractivity contribution in [2.45, 2.75) is 45.8 Å². The molecule has 0 spiro atoms. The zero-order chi connectivity index (χ0) is 26.3. The first kappa shape index (κ1) is 28.5. The number of rotatable bonds is 11. The molecule has 11 heteroatoms. The maximum atomic E-state index is 14.6. The van der Waals surface area contributed by atoms with E-state index in [9.17, 15) is 22.4 Å². The zero-order valence-corrected chi connectivity index (χ0v) is 22.1. The Morgan fingerprint density at radius 1 is 1.09 bits per heavy atom. The third-order valence-corrected chi connectivity index (χ3v) is 7.59. The van der Waals surface area contributed by atoms with Crippen molar-refractivity contribution in [1.29, 1.82) is 0 Å². The number of para-hydroxylation sites is 1. The topological polar surface area (TPSA) is 90.0 Å². The average molecular weight is 527 g/mol. The maximum absolute atomic E-state index is 14.6. The number of carbonyl (C=O) groups is 2. The van der Waals surface area contributed by atoms with E-state index in [0.717, 1.165) is 10.4 Å². The molecule has 0 aliphatic heterocycles. The van der Waals surface area contributed by atoms with Gasteiger partial charge in [-0.1, -0.05) is 42.8 Å². The zero-order valence-electron chi connectivity index (χ0n) is 20.5. The lowest BCUT2D eigenvalue weighted by atomic mass is 10.1. The van der Waals surface area contributed by atoms with Crippen molar-refractivity contribution in [2.24, 2.45) is 0 Å². The Hall–Kier alpha value is -2.69. The van der Waals surface area contributed by atoms with Crippen molar-refractivity contribution in [2.75, 3.05) is 24.9 Å². The molecule has 0 fully saturated rings. The Balaban J connectivity index is 2.47. The number of hydrogen-bond acceptors (Lipinski definition) is 4. The summed E-state index contributed by atoms with van der Waals surface area (Å²) in [4.78, 5) is 27.7. The highest BCUT2D eigenvalue weighted by Crippen LogP contribution is 2.24. The number of anilines is 1.